The van der Waals surface area contributed by atoms with Crippen molar-refractivity contribution in [2.75, 3.05) is 38.3 Å². The summed E-state index contributed by atoms with van der Waals surface area (Å²) in [7, 11) is 1.64. The van der Waals surface area contributed by atoms with Crippen LogP contribution in [0.2, 0.25) is 0 Å². The van der Waals surface area contributed by atoms with Crippen molar-refractivity contribution < 1.29 is 9.47 Å². The largest absolute Gasteiger partial charge is 0.496 e. The second-order valence-corrected chi connectivity index (χ2v) is 7.32. The summed E-state index contributed by atoms with van der Waals surface area (Å²) in [5, 5.41) is 0.428. The van der Waals surface area contributed by atoms with Crippen LogP contribution in [-0.2, 0) is 4.74 Å². The van der Waals surface area contributed by atoms with Gasteiger partial charge in [0.05, 0.1) is 38.5 Å². The van der Waals surface area contributed by atoms with E-state index < -0.39 is 0 Å². The molecule has 0 radical (unpaired) electrons. The van der Waals surface area contributed by atoms with Crippen molar-refractivity contribution in [2.45, 2.75) is 13.8 Å². The Morgan fingerprint density at radius 1 is 1.13 bits per heavy atom. The summed E-state index contributed by atoms with van der Waals surface area (Å²) in [4.78, 5) is 31.6. The zero-order valence-corrected chi connectivity index (χ0v) is 17.1. The molecule has 1 N–H and O–H groups in total. The first-order valence-electron chi connectivity index (χ1n) is 9.82. The van der Waals surface area contributed by atoms with E-state index in [9.17, 15) is 4.79 Å². The van der Waals surface area contributed by atoms with Gasteiger partial charge in [0, 0.05) is 18.7 Å². The van der Waals surface area contributed by atoms with Gasteiger partial charge in [0.1, 0.15) is 22.5 Å². The molecule has 1 aliphatic rings. The first-order valence-corrected chi connectivity index (χ1v) is 9.82. The van der Waals surface area contributed by atoms with Gasteiger partial charge in [-0.3, -0.25) is 9.36 Å². The average Bonchev–Trinajstić information content (AvgIpc) is 3.09. The maximum absolute atomic E-state index is 12.8. The molecule has 0 saturated carbocycles. The molecule has 1 aliphatic heterocycles. The molecule has 0 amide bonds. The van der Waals surface area contributed by atoms with Crippen LogP contribution in [0.15, 0.2) is 29.5 Å². The molecule has 154 valence electrons. The summed E-state index contributed by atoms with van der Waals surface area (Å²) in [6, 6.07) is 3.92. The molecule has 4 aromatic rings. The fourth-order valence-electron chi connectivity index (χ4n) is 4.12. The molecule has 0 bridgehead atoms. The van der Waals surface area contributed by atoms with E-state index in [4.69, 9.17) is 19.4 Å². The standard InChI is InChI=1S/C21H22N6O3/c1-12-4-5-14(29-3)13(2)18(12)27-19-16(21(28)24-11-23-19)17-20(27)22-10-15(25-17)26-6-8-30-9-7-26/h4-5,10-11H,6-9H2,1-3H3,(H,23,24,28). The molecular formula is C21H22N6O3. The Morgan fingerprint density at radius 2 is 1.93 bits per heavy atom. The lowest BCUT2D eigenvalue weighted by atomic mass is 10.1. The molecule has 0 unspecified atom stereocenters. The highest BCUT2D eigenvalue weighted by atomic mass is 16.5. The Bertz CT molecular complexity index is 1320. The van der Waals surface area contributed by atoms with Crippen LogP contribution in [0.1, 0.15) is 11.1 Å². The van der Waals surface area contributed by atoms with E-state index >= 15 is 0 Å². The highest BCUT2D eigenvalue weighted by Crippen LogP contribution is 2.34. The number of hydrogen-bond donors (Lipinski definition) is 1. The third-order valence-corrected chi connectivity index (χ3v) is 5.60. The molecule has 9 nitrogen and oxygen atoms in total. The van der Waals surface area contributed by atoms with Gasteiger partial charge >= 0.3 is 0 Å². The minimum atomic E-state index is -0.240. The lowest BCUT2D eigenvalue weighted by molar-refractivity contribution is 0.122. The summed E-state index contributed by atoms with van der Waals surface area (Å²) >= 11 is 0. The number of H-pyrrole nitrogens is 1. The van der Waals surface area contributed by atoms with Gasteiger partial charge in [-0.25, -0.2) is 15.0 Å². The highest BCUT2D eigenvalue weighted by molar-refractivity contribution is 6.04. The Labute approximate surface area is 172 Å². The SMILES string of the molecule is COc1ccc(C)c(-n2c3ncc(N4CCOCC4)nc3c3c(=O)[nH]cnc32)c1C. The quantitative estimate of drug-likeness (QED) is 0.556. The topological polar surface area (TPSA) is 98.2 Å². The second kappa shape index (κ2) is 7.10. The molecular weight excluding hydrogens is 384 g/mol. The van der Waals surface area contributed by atoms with Crippen molar-refractivity contribution in [2.24, 2.45) is 0 Å². The van der Waals surface area contributed by atoms with Gasteiger partial charge in [-0.2, -0.15) is 0 Å². The van der Waals surface area contributed by atoms with Crippen LogP contribution in [0.3, 0.4) is 0 Å². The van der Waals surface area contributed by atoms with Crippen molar-refractivity contribution in [3.05, 3.63) is 46.1 Å². The number of fused-ring (bicyclic) bond motifs is 3. The van der Waals surface area contributed by atoms with Crippen molar-refractivity contribution in [3.8, 4) is 11.4 Å². The minimum Gasteiger partial charge on any atom is -0.496 e. The van der Waals surface area contributed by atoms with Crippen LogP contribution in [-0.4, -0.2) is 57.9 Å². The Hall–Kier alpha value is -3.46. The van der Waals surface area contributed by atoms with E-state index in [0.29, 0.717) is 35.4 Å². The lowest BCUT2D eigenvalue weighted by Crippen LogP contribution is -2.36. The maximum atomic E-state index is 12.8. The van der Waals surface area contributed by atoms with Crippen molar-refractivity contribution >= 4 is 28.0 Å². The predicted molar refractivity (Wildman–Crippen MR) is 114 cm³/mol. The Kier molecular flexibility index (Phi) is 4.39. The summed E-state index contributed by atoms with van der Waals surface area (Å²) in [5.74, 6) is 1.49. The number of nitrogens with zero attached hydrogens (tertiary/aromatic N) is 5. The van der Waals surface area contributed by atoms with E-state index in [1.165, 1.54) is 6.33 Å². The summed E-state index contributed by atoms with van der Waals surface area (Å²) in [5.41, 5.74) is 4.25. The number of nitrogens with one attached hydrogen (secondary N) is 1. The Balaban J connectivity index is 1.85. The molecule has 4 heterocycles. The summed E-state index contributed by atoms with van der Waals surface area (Å²) in [6.07, 6.45) is 3.16. The number of benzene rings is 1. The van der Waals surface area contributed by atoms with Crippen LogP contribution in [0.4, 0.5) is 5.82 Å². The van der Waals surface area contributed by atoms with Crippen LogP contribution in [0, 0.1) is 13.8 Å². The molecule has 0 aliphatic carbocycles. The number of aryl methyl sites for hydroxylation is 1. The molecule has 0 atom stereocenters. The lowest BCUT2D eigenvalue weighted by Gasteiger charge is -2.27. The maximum Gasteiger partial charge on any atom is 0.262 e. The van der Waals surface area contributed by atoms with E-state index in [-0.39, 0.29) is 5.56 Å². The number of aromatic amines is 1. The van der Waals surface area contributed by atoms with E-state index in [1.807, 2.05) is 30.5 Å². The summed E-state index contributed by atoms with van der Waals surface area (Å²) in [6.45, 7) is 6.77. The molecule has 5 rings (SSSR count). The second-order valence-electron chi connectivity index (χ2n) is 7.32. The van der Waals surface area contributed by atoms with Crippen molar-refractivity contribution in [3.63, 3.8) is 0 Å². The van der Waals surface area contributed by atoms with Gasteiger partial charge in [0.15, 0.2) is 11.3 Å². The number of ether oxygens (including phenoxy) is 2. The fourth-order valence-corrected chi connectivity index (χ4v) is 4.12. The van der Waals surface area contributed by atoms with E-state index in [2.05, 4.69) is 14.9 Å². The molecule has 1 saturated heterocycles. The summed E-state index contributed by atoms with van der Waals surface area (Å²) < 4.78 is 12.9. The van der Waals surface area contributed by atoms with Crippen LogP contribution in [0.25, 0.3) is 27.9 Å². The average molecular weight is 406 g/mol. The van der Waals surface area contributed by atoms with Crippen LogP contribution >= 0.6 is 0 Å². The number of morpholine rings is 1. The number of anilines is 1. The number of rotatable bonds is 3. The molecule has 9 heteroatoms. The van der Waals surface area contributed by atoms with E-state index in [1.54, 1.807) is 13.3 Å². The van der Waals surface area contributed by atoms with Gasteiger partial charge in [0.25, 0.3) is 5.56 Å². The third-order valence-electron chi connectivity index (χ3n) is 5.60. The fraction of sp³-hybridized carbons (Fsp3) is 0.333. The highest BCUT2D eigenvalue weighted by Gasteiger charge is 2.23. The van der Waals surface area contributed by atoms with Gasteiger partial charge in [0.2, 0.25) is 0 Å². The number of aromatic nitrogens is 5. The monoisotopic (exact) mass is 406 g/mol. The van der Waals surface area contributed by atoms with Crippen molar-refractivity contribution in [1.82, 2.24) is 24.5 Å². The molecule has 1 fully saturated rings. The van der Waals surface area contributed by atoms with Crippen molar-refractivity contribution in [1.29, 1.82) is 0 Å². The Morgan fingerprint density at radius 3 is 2.70 bits per heavy atom. The molecule has 30 heavy (non-hydrogen) atoms. The van der Waals surface area contributed by atoms with Crippen LogP contribution < -0.4 is 15.2 Å². The zero-order chi connectivity index (χ0) is 20.8. The number of methoxy groups -OCH3 is 1. The smallest absolute Gasteiger partial charge is 0.262 e. The first-order chi connectivity index (χ1) is 14.6. The van der Waals surface area contributed by atoms with Gasteiger partial charge in [-0.15, -0.1) is 0 Å². The molecule has 3 aromatic heterocycles. The molecule has 1 aromatic carbocycles. The van der Waals surface area contributed by atoms with Gasteiger partial charge in [-0.05, 0) is 25.5 Å². The van der Waals surface area contributed by atoms with E-state index in [0.717, 1.165) is 41.5 Å². The minimum absolute atomic E-state index is 0.240. The predicted octanol–water partition coefficient (Wildman–Crippen LogP) is 2.12. The van der Waals surface area contributed by atoms with Gasteiger partial charge < -0.3 is 19.4 Å². The van der Waals surface area contributed by atoms with Crippen LogP contribution in [0.5, 0.6) is 5.75 Å². The first kappa shape index (κ1) is 18.6. The normalized spacial score (nSPS) is 14.6. The molecule has 0 spiro atoms. The third kappa shape index (κ3) is 2.73. The zero-order valence-electron chi connectivity index (χ0n) is 17.1. The van der Waals surface area contributed by atoms with Gasteiger partial charge in [-0.1, -0.05) is 6.07 Å². The number of hydrogen-bond acceptors (Lipinski definition) is 7.